The maximum absolute atomic E-state index is 9.84. The molecular formula is C20H39O. The molecule has 1 atom stereocenters. The third-order valence-electron chi connectivity index (χ3n) is 4.09. The number of aliphatic hydroxyl groups excluding tert-OH is 1. The molecule has 0 amide bonds. The van der Waals surface area contributed by atoms with E-state index in [1.54, 1.807) is 0 Å². The zero-order valence-electron chi connectivity index (χ0n) is 14.5. The van der Waals surface area contributed by atoms with E-state index in [0.717, 1.165) is 19.3 Å². The van der Waals surface area contributed by atoms with Crippen LogP contribution in [-0.2, 0) is 0 Å². The summed E-state index contributed by atoms with van der Waals surface area (Å²) in [5.41, 5.74) is 0. The van der Waals surface area contributed by atoms with Crippen LogP contribution in [0.3, 0.4) is 0 Å². The molecule has 1 unspecified atom stereocenters. The zero-order valence-corrected chi connectivity index (χ0v) is 14.5. The topological polar surface area (TPSA) is 20.2 Å². The lowest BCUT2D eigenvalue weighted by Crippen LogP contribution is -2.04. The number of hydrogen-bond donors (Lipinski definition) is 1. The molecule has 1 radical (unpaired) electrons. The van der Waals surface area contributed by atoms with Gasteiger partial charge >= 0.3 is 0 Å². The fourth-order valence-electron chi connectivity index (χ4n) is 2.62. The van der Waals surface area contributed by atoms with Crippen LogP contribution in [0.5, 0.6) is 0 Å². The summed E-state index contributed by atoms with van der Waals surface area (Å²) >= 11 is 0. The zero-order chi connectivity index (χ0) is 15.6. The second-order valence-electron chi connectivity index (χ2n) is 6.33. The third-order valence-corrected chi connectivity index (χ3v) is 4.09. The second-order valence-corrected chi connectivity index (χ2v) is 6.33. The Labute approximate surface area is 134 Å². The van der Waals surface area contributed by atoms with Crippen LogP contribution in [0.1, 0.15) is 103 Å². The summed E-state index contributed by atoms with van der Waals surface area (Å²) < 4.78 is 0. The van der Waals surface area contributed by atoms with Gasteiger partial charge in [0.15, 0.2) is 0 Å². The third kappa shape index (κ3) is 17.6. The summed E-state index contributed by atoms with van der Waals surface area (Å²) in [5.74, 6) is 0. The van der Waals surface area contributed by atoms with Crippen molar-refractivity contribution in [2.45, 2.75) is 109 Å². The Balaban J connectivity index is 3.20. The molecule has 1 heteroatoms. The molecule has 0 rings (SSSR count). The highest BCUT2D eigenvalue weighted by molar-refractivity contribution is 4.83. The minimum Gasteiger partial charge on any atom is -0.393 e. The fourth-order valence-corrected chi connectivity index (χ4v) is 2.62. The van der Waals surface area contributed by atoms with Gasteiger partial charge in [-0.15, -0.1) is 0 Å². The standard InChI is InChI=1S/C20H39O/c1-3-5-7-9-10-11-12-13-14-15-17-19-20(21)18-16-8-6-4-2/h15,17,20-21H,1,3-14,16,18-19H2,2H3/b17-15+. The average molecular weight is 296 g/mol. The first-order chi connectivity index (χ1) is 10.3. The number of hydrogen-bond acceptors (Lipinski definition) is 1. The normalized spacial score (nSPS) is 13.1. The van der Waals surface area contributed by atoms with Crippen molar-refractivity contribution in [1.82, 2.24) is 0 Å². The van der Waals surface area contributed by atoms with Gasteiger partial charge < -0.3 is 5.11 Å². The number of allylic oxidation sites excluding steroid dienone is 1. The lowest BCUT2D eigenvalue weighted by atomic mass is 10.1. The van der Waals surface area contributed by atoms with E-state index in [0.29, 0.717) is 0 Å². The Hall–Kier alpha value is -0.300. The molecule has 125 valence electrons. The van der Waals surface area contributed by atoms with Crippen molar-refractivity contribution in [3.8, 4) is 0 Å². The van der Waals surface area contributed by atoms with E-state index >= 15 is 0 Å². The molecule has 0 aromatic rings. The van der Waals surface area contributed by atoms with Gasteiger partial charge in [-0.1, -0.05) is 96.6 Å². The lowest BCUT2D eigenvalue weighted by Gasteiger charge is -2.07. The highest BCUT2D eigenvalue weighted by atomic mass is 16.3. The first-order valence-corrected chi connectivity index (χ1v) is 9.43. The van der Waals surface area contributed by atoms with Crippen LogP contribution in [0.25, 0.3) is 0 Å². The first kappa shape index (κ1) is 20.7. The average Bonchev–Trinajstić information content (AvgIpc) is 2.49. The molecule has 0 bridgehead atoms. The Morgan fingerprint density at radius 3 is 2.10 bits per heavy atom. The molecular weight excluding hydrogens is 256 g/mol. The van der Waals surface area contributed by atoms with Crippen molar-refractivity contribution in [1.29, 1.82) is 0 Å². The van der Waals surface area contributed by atoms with Crippen molar-refractivity contribution in [2.24, 2.45) is 0 Å². The number of aliphatic hydroxyl groups is 1. The molecule has 21 heavy (non-hydrogen) atoms. The highest BCUT2D eigenvalue weighted by Gasteiger charge is 2.00. The first-order valence-electron chi connectivity index (χ1n) is 9.43. The van der Waals surface area contributed by atoms with Crippen LogP contribution in [0.2, 0.25) is 0 Å². The van der Waals surface area contributed by atoms with Gasteiger partial charge in [-0.05, 0) is 25.7 Å². The van der Waals surface area contributed by atoms with E-state index in [-0.39, 0.29) is 6.10 Å². The summed E-state index contributed by atoms with van der Waals surface area (Å²) in [6, 6.07) is 0. The van der Waals surface area contributed by atoms with Crippen molar-refractivity contribution < 1.29 is 5.11 Å². The monoisotopic (exact) mass is 295 g/mol. The van der Waals surface area contributed by atoms with Gasteiger partial charge in [-0.2, -0.15) is 0 Å². The van der Waals surface area contributed by atoms with Crippen LogP contribution in [0, 0.1) is 6.92 Å². The Morgan fingerprint density at radius 2 is 1.43 bits per heavy atom. The summed E-state index contributed by atoms with van der Waals surface area (Å²) in [6.45, 7) is 6.10. The maximum Gasteiger partial charge on any atom is 0.0574 e. The van der Waals surface area contributed by atoms with Gasteiger partial charge in [0.25, 0.3) is 0 Å². The van der Waals surface area contributed by atoms with E-state index in [1.807, 2.05) is 0 Å². The van der Waals surface area contributed by atoms with E-state index in [1.165, 1.54) is 77.0 Å². The maximum atomic E-state index is 9.84. The SMILES string of the molecule is [CH2]CCCCCCCCC/C=C/CC(O)CCCCCC. The fraction of sp³-hybridized carbons (Fsp3) is 0.850. The van der Waals surface area contributed by atoms with Crippen LogP contribution >= 0.6 is 0 Å². The van der Waals surface area contributed by atoms with Crippen LogP contribution in [0.15, 0.2) is 12.2 Å². The summed E-state index contributed by atoms with van der Waals surface area (Å²) in [5, 5.41) is 9.84. The van der Waals surface area contributed by atoms with Gasteiger partial charge in [0.05, 0.1) is 6.10 Å². The summed E-state index contributed by atoms with van der Waals surface area (Å²) in [6.07, 6.45) is 22.9. The van der Waals surface area contributed by atoms with Gasteiger partial charge in [0, 0.05) is 0 Å². The van der Waals surface area contributed by atoms with Crippen LogP contribution < -0.4 is 0 Å². The van der Waals surface area contributed by atoms with Crippen LogP contribution in [0.4, 0.5) is 0 Å². The Kier molecular flexibility index (Phi) is 17.5. The van der Waals surface area contributed by atoms with Crippen LogP contribution in [-0.4, -0.2) is 11.2 Å². The Bertz CT molecular complexity index is 210. The molecule has 0 fully saturated rings. The van der Waals surface area contributed by atoms with Crippen molar-refractivity contribution in [3.05, 3.63) is 19.1 Å². The summed E-state index contributed by atoms with van der Waals surface area (Å²) in [7, 11) is 0. The molecule has 0 aliphatic carbocycles. The lowest BCUT2D eigenvalue weighted by molar-refractivity contribution is 0.163. The summed E-state index contributed by atoms with van der Waals surface area (Å²) in [4.78, 5) is 0. The van der Waals surface area contributed by atoms with Gasteiger partial charge in [0.2, 0.25) is 0 Å². The van der Waals surface area contributed by atoms with Crippen molar-refractivity contribution in [2.75, 3.05) is 0 Å². The molecule has 0 aliphatic rings. The molecule has 0 spiro atoms. The molecule has 0 saturated heterocycles. The molecule has 0 aromatic heterocycles. The van der Waals surface area contributed by atoms with Gasteiger partial charge in [-0.3, -0.25) is 0 Å². The largest absolute Gasteiger partial charge is 0.393 e. The van der Waals surface area contributed by atoms with Gasteiger partial charge in [0.1, 0.15) is 0 Å². The minimum atomic E-state index is -0.119. The van der Waals surface area contributed by atoms with Crippen molar-refractivity contribution in [3.63, 3.8) is 0 Å². The van der Waals surface area contributed by atoms with E-state index < -0.39 is 0 Å². The molecule has 1 N–H and O–H groups in total. The molecule has 0 aliphatic heterocycles. The van der Waals surface area contributed by atoms with E-state index in [4.69, 9.17) is 0 Å². The smallest absolute Gasteiger partial charge is 0.0574 e. The number of rotatable bonds is 16. The van der Waals surface area contributed by atoms with Gasteiger partial charge in [-0.25, -0.2) is 0 Å². The minimum absolute atomic E-state index is 0.119. The quantitative estimate of drug-likeness (QED) is 0.251. The predicted octanol–water partition coefficient (Wildman–Crippen LogP) is 6.61. The Morgan fingerprint density at radius 1 is 0.810 bits per heavy atom. The molecule has 0 saturated carbocycles. The van der Waals surface area contributed by atoms with E-state index in [9.17, 15) is 5.11 Å². The number of unbranched alkanes of at least 4 members (excludes halogenated alkanes) is 11. The molecule has 0 heterocycles. The predicted molar refractivity (Wildman–Crippen MR) is 95.4 cm³/mol. The van der Waals surface area contributed by atoms with E-state index in [2.05, 4.69) is 26.0 Å². The highest BCUT2D eigenvalue weighted by Crippen LogP contribution is 2.11. The molecule has 0 aromatic carbocycles. The van der Waals surface area contributed by atoms with Crippen molar-refractivity contribution >= 4 is 0 Å². The molecule has 1 nitrogen and oxygen atoms in total. The second kappa shape index (κ2) is 17.8.